The molecule has 0 spiro atoms. The lowest BCUT2D eigenvalue weighted by Crippen LogP contribution is -2.32. The van der Waals surface area contributed by atoms with Crippen LogP contribution in [-0.4, -0.2) is 11.0 Å². The fraction of sp³-hybridized carbons (Fsp3) is 0.125. The van der Waals surface area contributed by atoms with Crippen LogP contribution in [0.4, 0.5) is 8.78 Å². The molecule has 0 aliphatic rings. The fourth-order valence-corrected chi connectivity index (χ4v) is 0.843. The molecule has 1 amide bonds. The first-order chi connectivity index (χ1) is 5.94. The lowest BCUT2D eigenvalue weighted by Gasteiger charge is -2.11. The van der Waals surface area contributed by atoms with Gasteiger partial charge in [0.05, 0.1) is 0 Å². The van der Waals surface area contributed by atoms with Crippen molar-refractivity contribution in [2.24, 2.45) is 5.73 Å². The maximum atomic E-state index is 12.9. The maximum absolute atomic E-state index is 12.9. The summed E-state index contributed by atoms with van der Waals surface area (Å²) in [5.74, 6) is -5.81. The summed E-state index contributed by atoms with van der Waals surface area (Å²) in [6, 6.07) is 4.25. The molecule has 0 saturated heterocycles. The topological polar surface area (TPSA) is 63.3 Å². The summed E-state index contributed by atoms with van der Waals surface area (Å²) in [6.45, 7) is 0. The summed E-state index contributed by atoms with van der Waals surface area (Å²) >= 11 is 0. The van der Waals surface area contributed by atoms with Crippen LogP contribution < -0.4 is 5.73 Å². The van der Waals surface area contributed by atoms with Crippen molar-refractivity contribution in [3.63, 3.8) is 0 Å². The van der Waals surface area contributed by atoms with Crippen LogP contribution in [0.1, 0.15) is 5.56 Å². The lowest BCUT2D eigenvalue weighted by atomic mass is 10.1. The Morgan fingerprint density at radius 2 is 2.08 bits per heavy atom. The molecule has 0 atom stereocenters. The van der Waals surface area contributed by atoms with E-state index in [1.54, 1.807) is 0 Å². The highest BCUT2D eigenvalue weighted by Gasteiger charge is 2.38. The average Bonchev–Trinajstić information content (AvgIpc) is 2.04. The number of phenolic OH excluding ortho intramolecular Hbond substituents is 1. The second-order valence-corrected chi connectivity index (χ2v) is 2.49. The maximum Gasteiger partial charge on any atom is 0.349 e. The van der Waals surface area contributed by atoms with Crippen molar-refractivity contribution in [1.82, 2.24) is 0 Å². The minimum atomic E-state index is -3.74. The smallest absolute Gasteiger partial charge is 0.349 e. The summed E-state index contributed by atoms with van der Waals surface area (Å²) < 4.78 is 25.7. The molecule has 0 bridgehead atoms. The van der Waals surface area contributed by atoms with E-state index >= 15 is 0 Å². The van der Waals surface area contributed by atoms with Gasteiger partial charge in [-0.3, -0.25) is 4.79 Å². The zero-order valence-corrected chi connectivity index (χ0v) is 6.50. The van der Waals surface area contributed by atoms with E-state index in [2.05, 4.69) is 5.73 Å². The standard InChI is InChI=1S/C8H7F2NO2/c9-8(10,7(11)13)5-2-1-3-6(12)4-5/h1-4,12H,(H2,11,13). The normalized spacial score (nSPS) is 11.2. The number of hydrogen-bond donors (Lipinski definition) is 2. The SMILES string of the molecule is NC(=O)C(F)(F)c1cccc(O)c1. The molecule has 5 heteroatoms. The van der Waals surface area contributed by atoms with Gasteiger partial charge in [0.25, 0.3) is 5.91 Å². The zero-order chi connectivity index (χ0) is 10.1. The van der Waals surface area contributed by atoms with Crippen molar-refractivity contribution in [2.75, 3.05) is 0 Å². The Balaban J connectivity index is 3.14. The number of hydrogen-bond acceptors (Lipinski definition) is 2. The Labute approximate surface area is 72.8 Å². The van der Waals surface area contributed by atoms with Gasteiger partial charge in [-0.2, -0.15) is 8.78 Å². The Morgan fingerprint density at radius 1 is 1.46 bits per heavy atom. The molecule has 1 aromatic rings. The van der Waals surface area contributed by atoms with Gasteiger partial charge in [0, 0.05) is 5.56 Å². The number of phenols is 1. The second-order valence-electron chi connectivity index (χ2n) is 2.49. The molecular formula is C8H7F2NO2. The van der Waals surface area contributed by atoms with Crippen molar-refractivity contribution in [2.45, 2.75) is 5.92 Å². The van der Waals surface area contributed by atoms with E-state index in [9.17, 15) is 13.6 Å². The third kappa shape index (κ3) is 1.74. The van der Waals surface area contributed by atoms with E-state index in [1.807, 2.05) is 0 Å². The van der Waals surface area contributed by atoms with Crippen molar-refractivity contribution in [1.29, 1.82) is 0 Å². The van der Waals surface area contributed by atoms with Crippen LogP contribution in [0.3, 0.4) is 0 Å². The number of rotatable bonds is 2. The van der Waals surface area contributed by atoms with Gasteiger partial charge in [-0.05, 0) is 12.1 Å². The molecule has 70 valence electrons. The van der Waals surface area contributed by atoms with Crippen molar-refractivity contribution in [3.8, 4) is 5.75 Å². The van der Waals surface area contributed by atoms with Crippen LogP contribution in [0.2, 0.25) is 0 Å². The largest absolute Gasteiger partial charge is 0.508 e. The van der Waals surface area contributed by atoms with Crippen LogP contribution in [0.15, 0.2) is 24.3 Å². The van der Waals surface area contributed by atoms with Gasteiger partial charge in [0.15, 0.2) is 0 Å². The van der Waals surface area contributed by atoms with E-state index in [1.165, 1.54) is 12.1 Å². The number of amides is 1. The number of alkyl halides is 2. The van der Waals surface area contributed by atoms with E-state index in [0.29, 0.717) is 0 Å². The molecule has 0 fully saturated rings. The minimum Gasteiger partial charge on any atom is -0.508 e. The van der Waals surface area contributed by atoms with Gasteiger partial charge in [0.1, 0.15) is 5.75 Å². The van der Waals surface area contributed by atoms with Gasteiger partial charge >= 0.3 is 5.92 Å². The number of aromatic hydroxyl groups is 1. The van der Waals surface area contributed by atoms with E-state index < -0.39 is 17.4 Å². The first-order valence-electron chi connectivity index (χ1n) is 3.42. The highest BCUT2D eigenvalue weighted by atomic mass is 19.3. The molecule has 3 nitrogen and oxygen atoms in total. The van der Waals surface area contributed by atoms with Gasteiger partial charge in [-0.1, -0.05) is 12.1 Å². The highest BCUT2D eigenvalue weighted by Crippen LogP contribution is 2.29. The predicted octanol–water partition coefficient (Wildman–Crippen LogP) is 0.969. The summed E-state index contributed by atoms with van der Waals surface area (Å²) in [7, 11) is 0. The monoisotopic (exact) mass is 187 g/mol. The number of benzene rings is 1. The number of carbonyl (C=O) groups excluding carboxylic acids is 1. The molecular weight excluding hydrogens is 180 g/mol. The fourth-order valence-electron chi connectivity index (χ4n) is 0.843. The third-order valence-electron chi connectivity index (χ3n) is 1.52. The number of primary amides is 1. The van der Waals surface area contributed by atoms with Crippen molar-refractivity contribution >= 4 is 5.91 Å². The second kappa shape index (κ2) is 3.01. The summed E-state index contributed by atoms with van der Waals surface area (Å²) in [6.07, 6.45) is 0. The van der Waals surface area contributed by atoms with Crippen LogP contribution in [-0.2, 0) is 10.7 Å². The Hall–Kier alpha value is -1.65. The Morgan fingerprint density at radius 3 is 2.54 bits per heavy atom. The molecule has 0 unspecified atom stereocenters. The molecule has 13 heavy (non-hydrogen) atoms. The summed E-state index contributed by atoms with van der Waals surface area (Å²) in [5, 5.41) is 8.87. The van der Waals surface area contributed by atoms with Crippen LogP contribution in [0, 0.1) is 0 Å². The Kier molecular flexibility index (Phi) is 2.18. The number of nitrogens with two attached hydrogens (primary N) is 1. The zero-order valence-electron chi connectivity index (χ0n) is 6.50. The molecule has 0 aromatic heterocycles. The number of carbonyl (C=O) groups is 1. The van der Waals surface area contributed by atoms with Gasteiger partial charge < -0.3 is 10.8 Å². The van der Waals surface area contributed by atoms with Crippen molar-refractivity contribution in [3.05, 3.63) is 29.8 Å². The van der Waals surface area contributed by atoms with Crippen LogP contribution >= 0.6 is 0 Å². The molecule has 0 heterocycles. The van der Waals surface area contributed by atoms with Crippen LogP contribution in [0.5, 0.6) is 5.75 Å². The first kappa shape index (κ1) is 9.44. The van der Waals surface area contributed by atoms with Crippen molar-refractivity contribution < 1.29 is 18.7 Å². The number of halogens is 2. The van der Waals surface area contributed by atoms with Gasteiger partial charge in [0.2, 0.25) is 0 Å². The first-order valence-corrected chi connectivity index (χ1v) is 3.42. The lowest BCUT2D eigenvalue weighted by molar-refractivity contribution is -0.143. The molecule has 3 N–H and O–H groups in total. The minimum absolute atomic E-state index is 0.335. The molecule has 0 saturated carbocycles. The van der Waals surface area contributed by atoms with Gasteiger partial charge in [-0.15, -0.1) is 0 Å². The Bertz CT molecular complexity index is 339. The van der Waals surface area contributed by atoms with E-state index in [-0.39, 0.29) is 5.75 Å². The molecule has 0 aliphatic heterocycles. The molecule has 1 rings (SSSR count). The quantitative estimate of drug-likeness (QED) is 0.724. The molecule has 0 aliphatic carbocycles. The molecule has 0 radical (unpaired) electrons. The average molecular weight is 187 g/mol. The van der Waals surface area contributed by atoms with E-state index in [0.717, 1.165) is 12.1 Å². The summed E-state index contributed by atoms with van der Waals surface area (Å²) in [5.41, 5.74) is 3.87. The summed E-state index contributed by atoms with van der Waals surface area (Å²) in [4.78, 5) is 10.3. The molecule has 1 aromatic carbocycles. The van der Waals surface area contributed by atoms with E-state index in [4.69, 9.17) is 5.11 Å². The highest BCUT2D eigenvalue weighted by molar-refractivity contribution is 5.83. The predicted molar refractivity (Wildman–Crippen MR) is 41.2 cm³/mol. The van der Waals surface area contributed by atoms with Gasteiger partial charge in [-0.25, -0.2) is 0 Å². The van der Waals surface area contributed by atoms with Crippen LogP contribution in [0.25, 0.3) is 0 Å². The third-order valence-corrected chi connectivity index (χ3v) is 1.52.